The molecule has 1 aliphatic rings. The van der Waals surface area contributed by atoms with E-state index in [1.807, 2.05) is 13.8 Å². The topological polar surface area (TPSA) is 149 Å². The van der Waals surface area contributed by atoms with Gasteiger partial charge >= 0.3 is 23.9 Å². The smallest absolute Gasteiger partial charge is 0.318 e. The molecule has 0 radical (unpaired) electrons. The maximum Gasteiger partial charge on any atom is 0.318 e. The molecule has 0 aliphatic heterocycles. The van der Waals surface area contributed by atoms with Crippen LogP contribution >= 0.6 is 0 Å². The summed E-state index contributed by atoms with van der Waals surface area (Å²) >= 11 is 0. The highest BCUT2D eigenvalue weighted by molar-refractivity contribution is 5.93. The van der Waals surface area contributed by atoms with Gasteiger partial charge in [-0.25, -0.2) is 0 Å². The third kappa shape index (κ3) is 9.25. The Morgan fingerprint density at radius 2 is 0.917 bits per heavy atom. The zero-order valence-corrected chi connectivity index (χ0v) is 22.3. The Balaban J connectivity index is 2.65. The molecule has 1 rings (SSSR count). The van der Waals surface area contributed by atoms with Crippen molar-refractivity contribution < 1.29 is 39.6 Å². The van der Waals surface area contributed by atoms with E-state index in [2.05, 4.69) is 26.0 Å². The van der Waals surface area contributed by atoms with Crippen molar-refractivity contribution in [2.75, 3.05) is 0 Å². The summed E-state index contributed by atoms with van der Waals surface area (Å²) in [5.74, 6) is -6.71. The number of carboxylic acid groups (broad SMARTS) is 4. The third-order valence-corrected chi connectivity index (χ3v) is 8.40. The first-order chi connectivity index (χ1) is 17.0. The van der Waals surface area contributed by atoms with Crippen molar-refractivity contribution in [2.45, 2.75) is 91.9 Å². The van der Waals surface area contributed by atoms with Gasteiger partial charge in [-0.1, -0.05) is 78.4 Å². The molecule has 0 bridgehead atoms. The van der Waals surface area contributed by atoms with Gasteiger partial charge in [-0.2, -0.15) is 0 Å². The van der Waals surface area contributed by atoms with Gasteiger partial charge in [-0.15, -0.1) is 0 Å². The van der Waals surface area contributed by atoms with Gasteiger partial charge in [0.25, 0.3) is 0 Å². The van der Waals surface area contributed by atoms with E-state index in [-0.39, 0.29) is 11.8 Å². The number of rotatable bonds is 18. The first-order valence-corrected chi connectivity index (χ1v) is 13.6. The van der Waals surface area contributed by atoms with E-state index in [0.717, 1.165) is 38.5 Å². The number of hydrogen-bond donors (Lipinski definition) is 4. The molecular weight excluding hydrogens is 464 g/mol. The summed E-state index contributed by atoms with van der Waals surface area (Å²) in [6, 6.07) is 0. The highest BCUT2D eigenvalue weighted by Crippen LogP contribution is 2.41. The highest BCUT2D eigenvalue weighted by Gasteiger charge is 2.35. The van der Waals surface area contributed by atoms with Crippen molar-refractivity contribution >= 4 is 23.9 Å². The largest absolute Gasteiger partial charge is 0.481 e. The lowest BCUT2D eigenvalue weighted by Crippen LogP contribution is -2.31. The summed E-state index contributed by atoms with van der Waals surface area (Å²) in [7, 11) is 0. The molecule has 8 heteroatoms. The minimum atomic E-state index is -1.35. The predicted octanol–water partition coefficient (Wildman–Crippen LogP) is 5.80. The maximum atomic E-state index is 11.4. The molecule has 6 unspecified atom stereocenters. The van der Waals surface area contributed by atoms with Gasteiger partial charge in [0.1, 0.15) is 0 Å². The van der Waals surface area contributed by atoms with Gasteiger partial charge in [-0.05, 0) is 61.2 Å². The summed E-state index contributed by atoms with van der Waals surface area (Å²) in [5.41, 5.74) is 0. The zero-order valence-electron chi connectivity index (χ0n) is 22.3. The van der Waals surface area contributed by atoms with Crippen molar-refractivity contribution in [3.8, 4) is 0 Å². The molecule has 0 aromatic rings. The second-order valence-electron chi connectivity index (χ2n) is 10.6. The lowest BCUT2D eigenvalue weighted by molar-refractivity contribution is -0.159. The lowest BCUT2D eigenvalue weighted by atomic mass is 9.67. The third-order valence-electron chi connectivity index (χ3n) is 8.40. The van der Waals surface area contributed by atoms with E-state index in [9.17, 15) is 39.6 Å². The standard InChI is InChI=1S/C28H46O8/c1-5-19(23(25(29)30)26(31)32)11-7-9-13-21-17(3)15-16-18(4)22(21)14-10-8-12-20(6-2)24(27(33)34)28(35)36/h15-24H,5-14H2,1-4H3,(H,29,30)(H,31,32)(H,33,34)(H,35,36). The number of hydrogen-bond acceptors (Lipinski definition) is 4. The number of carbonyl (C=O) groups is 4. The molecule has 1 aliphatic carbocycles. The molecule has 4 N–H and O–H groups in total. The fourth-order valence-corrected chi connectivity index (χ4v) is 6.17. The van der Waals surface area contributed by atoms with Crippen LogP contribution in [0.5, 0.6) is 0 Å². The molecule has 0 amide bonds. The first-order valence-electron chi connectivity index (χ1n) is 13.6. The Labute approximate surface area is 215 Å². The van der Waals surface area contributed by atoms with Gasteiger partial charge in [0, 0.05) is 0 Å². The zero-order chi connectivity index (χ0) is 27.4. The molecule has 0 fully saturated rings. The summed E-state index contributed by atoms with van der Waals surface area (Å²) in [6.45, 7) is 8.12. The Morgan fingerprint density at radius 3 is 1.17 bits per heavy atom. The fraction of sp³-hybridized carbons (Fsp3) is 0.786. The lowest BCUT2D eigenvalue weighted by Gasteiger charge is -2.38. The van der Waals surface area contributed by atoms with Crippen LogP contribution in [0.15, 0.2) is 12.2 Å². The van der Waals surface area contributed by atoms with Gasteiger partial charge < -0.3 is 20.4 Å². The van der Waals surface area contributed by atoms with Crippen LogP contribution < -0.4 is 0 Å². The molecule has 0 aromatic carbocycles. The summed E-state index contributed by atoms with van der Waals surface area (Å²) < 4.78 is 0. The van der Waals surface area contributed by atoms with Crippen LogP contribution in [0.2, 0.25) is 0 Å². The maximum absolute atomic E-state index is 11.4. The van der Waals surface area contributed by atoms with Crippen LogP contribution in [0.3, 0.4) is 0 Å². The Kier molecular flexibility index (Phi) is 13.8. The van der Waals surface area contributed by atoms with Gasteiger partial charge in [0.05, 0.1) is 0 Å². The van der Waals surface area contributed by atoms with Crippen molar-refractivity contribution in [3.63, 3.8) is 0 Å². The van der Waals surface area contributed by atoms with E-state index in [1.54, 1.807) is 0 Å². The average Bonchev–Trinajstić information content (AvgIpc) is 2.79. The normalized spacial score (nSPS) is 23.5. The predicted molar refractivity (Wildman–Crippen MR) is 136 cm³/mol. The molecule has 0 saturated heterocycles. The Morgan fingerprint density at radius 1 is 0.611 bits per heavy atom. The van der Waals surface area contributed by atoms with E-state index in [4.69, 9.17) is 0 Å². The van der Waals surface area contributed by atoms with Crippen molar-refractivity contribution in [1.29, 1.82) is 0 Å². The second kappa shape index (κ2) is 15.7. The van der Waals surface area contributed by atoms with E-state index in [0.29, 0.717) is 49.4 Å². The molecule has 206 valence electrons. The van der Waals surface area contributed by atoms with Crippen LogP contribution in [0.25, 0.3) is 0 Å². The molecule has 0 aromatic heterocycles. The molecule has 6 atom stereocenters. The first kappa shape index (κ1) is 31.6. The molecule has 0 heterocycles. The minimum Gasteiger partial charge on any atom is -0.481 e. The Hall–Kier alpha value is -2.38. The number of carboxylic acids is 4. The van der Waals surface area contributed by atoms with Crippen molar-refractivity contribution in [1.82, 2.24) is 0 Å². The van der Waals surface area contributed by atoms with Crippen LogP contribution in [0.4, 0.5) is 0 Å². The van der Waals surface area contributed by atoms with E-state index in [1.165, 1.54) is 0 Å². The van der Waals surface area contributed by atoms with Gasteiger partial charge in [0.2, 0.25) is 0 Å². The minimum absolute atomic E-state index is 0.370. The number of unbranched alkanes of at least 4 members (excludes halogenated alkanes) is 2. The molecule has 0 spiro atoms. The summed E-state index contributed by atoms with van der Waals surface area (Å²) in [5, 5.41) is 37.2. The summed E-state index contributed by atoms with van der Waals surface area (Å²) in [4.78, 5) is 45.5. The average molecular weight is 511 g/mol. The molecule has 8 nitrogen and oxygen atoms in total. The monoisotopic (exact) mass is 510 g/mol. The quantitative estimate of drug-likeness (QED) is 0.103. The van der Waals surface area contributed by atoms with Crippen LogP contribution in [-0.4, -0.2) is 44.3 Å². The Bertz CT molecular complexity index is 671. The molecular formula is C28H46O8. The SMILES string of the molecule is CCC(CCCCC1C(C)C=CC(C)C1CCCCC(CC)C(C(=O)O)C(=O)O)C(C(=O)O)C(=O)O. The van der Waals surface area contributed by atoms with Crippen LogP contribution in [0.1, 0.15) is 91.9 Å². The fourth-order valence-electron chi connectivity index (χ4n) is 6.17. The van der Waals surface area contributed by atoms with Crippen LogP contribution in [-0.2, 0) is 19.2 Å². The van der Waals surface area contributed by atoms with Crippen molar-refractivity contribution in [3.05, 3.63) is 12.2 Å². The molecule has 0 saturated carbocycles. The van der Waals surface area contributed by atoms with Crippen molar-refractivity contribution in [2.24, 2.45) is 47.3 Å². The second-order valence-corrected chi connectivity index (χ2v) is 10.6. The van der Waals surface area contributed by atoms with Crippen LogP contribution in [0, 0.1) is 47.3 Å². The number of aliphatic carboxylic acids is 4. The summed E-state index contributed by atoms with van der Waals surface area (Å²) in [6.07, 6.45) is 12.2. The van der Waals surface area contributed by atoms with Gasteiger partial charge in [0.15, 0.2) is 11.8 Å². The van der Waals surface area contributed by atoms with Gasteiger partial charge in [-0.3, -0.25) is 19.2 Å². The van der Waals surface area contributed by atoms with E-state index < -0.39 is 35.7 Å². The molecule has 36 heavy (non-hydrogen) atoms. The van der Waals surface area contributed by atoms with E-state index >= 15 is 0 Å². The number of allylic oxidation sites excluding steroid dienone is 2. The highest BCUT2D eigenvalue weighted by atomic mass is 16.4.